The monoisotopic (exact) mass is 558 g/mol. The molecule has 5 rings (SSSR count). The molecule has 4 heterocycles. The van der Waals surface area contributed by atoms with Crippen molar-refractivity contribution < 1.29 is 22.3 Å². The van der Waals surface area contributed by atoms with Gasteiger partial charge in [0.2, 0.25) is 0 Å². The first-order valence-electron chi connectivity index (χ1n) is 12.4. The summed E-state index contributed by atoms with van der Waals surface area (Å²) in [5.41, 5.74) is 3.30. The fraction of sp³-hybridized carbons (Fsp3) is 0.407. The van der Waals surface area contributed by atoms with Gasteiger partial charge in [-0.25, -0.2) is 12.8 Å². The number of thioether (sulfide) groups is 1. The zero-order valence-electron chi connectivity index (χ0n) is 21.6. The van der Waals surface area contributed by atoms with Gasteiger partial charge in [0.15, 0.2) is 15.7 Å². The van der Waals surface area contributed by atoms with E-state index in [2.05, 4.69) is 26.9 Å². The predicted octanol–water partition coefficient (Wildman–Crippen LogP) is 3.75. The van der Waals surface area contributed by atoms with Crippen LogP contribution >= 0.6 is 11.8 Å². The number of ether oxygens (including phenoxy) is 2. The Hall–Kier alpha value is -3.07. The Labute approximate surface area is 226 Å². The van der Waals surface area contributed by atoms with Crippen molar-refractivity contribution in [2.75, 3.05) is 63.0 Å². The first-order chi connectivity index (χ1) is 18.2. The minimum absolute atomic E-state index is 0.195. The number of rotatable bonds is 6. The SMILES string of the molecule is COc1cc(S(C)(=O)=O)ccc1NCC#Cc1cc2c(N[C@@H]3CCN(C)C[C@@H]3F)ccc3n2c1SCCO3. The molecule has 1 aromatic carbocycles. The Morgan fingerprint density at radius 2 is 2.05 bits per heavy atom. The normalized spacial score (nSPS) is 19.7. The molecule has 11 heteroatoms. The Morgan fingerprint density at radius 3 is 2.82 bits per heavy atom. The fourth-order valence-electron chi connectivity index (χ4n) is 4.72. The van der Waals surface area contributed by atoms with E-state index in [0.29, 0.717) is 31.1 Å². The van der Waals surface area contributed by atoms with Crippen LogP contribution in [0.4, 0.5) is 15.8 Å². The van der Waals surface area contributed by atoms with E-state index in [9.17, 15) is 12.8 Å². The Morgan fingerprint density at radius 1 is 1.24 bits per heavy atom. The molecule has 0 saturated carbocycles. The number of methoxy groups -OCH3 is 1. The third-order valence-corrected chi connectivity index (χ3v) is 8.85. The van der Waals surface area contributed by atoms with Gasteiger partial charge in [-0.3, -0.25) is 4.40 Å². The Balaban J connectivity index is 1.40. The van der Waals surface area contributed by atoms with Crippen molar-refractivity contribution in [1.82, 2.24) is 9.30 Å². The molecule has 1 saturated heterocycles. The third-order valence-electron chi connectivity index (χ3n) is 6.69. The lowest BCUT2D eigenvalue weighted by Gasteiger charge is -2.33. The van der Waals surface area contributed by atoms with Gasteiger partial charge in [-0.05, 0) is 37.7 Å². The molecule has 1 fully saturated rings. The maximum atomic E-state index is 14.8. The number of hydrogen-bond donors (Lipinski definition) is 2. The molecule has 0 spiro atoms. The maximum absolute atomic E-state index is 14.8. The molecule has 0 radical (unpaired) electrons. The van der Waals surface area contributed by atoms with Crippen molar-refractivity contribution in [3.05, 3.63) is 42.0 Å². The number of hydrogen-bond acceptors (Lipinski definition) is 8. The number of nitrogens with zero attached hydrogens (tertiary/aromatic N) is 2. The highest BCUT2D eigenvalue weighted by molar-refractivity contribution is 7.99. The highest BCUT2D eigenvalue weighted by atomic mass is 32.2. The van der Waals surface area contributed by atoms with Crippen LogP contribution in [0.1, 0.15) is 12.0 Å². The van der Waals surface area contributed by atoms with Crippen LogP contribution in [0.5, 0.6) is 11.6 Å². The standard InChI is InChI=1S/C27H31FN4O4S2/c1-31-12-10-21(20(28)17-31)30-22-8-9-26-32-24(22)15-18(27(32)37-14-13-36-26)5-4-11-29-23-7-6-19(38(3,33)34)16-25(23)35-2/h6-9,15-16,20-21,29-30H,10-14,17H2,1-3H3/t20-,21+/m0/s1. The second-order valence-corrected chi connectivity index (χ2v) is 12.6. The number of anilines is 2. The lowest BCUT2D eigenvalue weighted by molar-refractivity contribution is 0.149. The molecule has 2 N–H and O–H groups in total. The van der Waals surface area contributed by atoms with Crippen LogP contribution in [0.15, 0.2) is 46.3 Å². The average Bonchev–Trinajstić information content (AvgIpc) is 3.10. The number of nitrogens with one attached hydrogen (secondary N) is 2. The fourth-order valence-corrected chi connectivity index (χ4v) is 6.30. The highest BCUT2D eigenvalue weighted by Gasteiger charge is 2.28. The van der Waals surface area contributed by atoms with Gasteiger partial charge in [-0.15, -0.1) is 11.8 Å². The van der Waals surface area contributed by atoms with E-state index in [4.69, 9.17) is 9.47 Å². The van der Waals surface area contributed by atoms with Crippen molar-refractivity contribution in [1.29, 1.82) is 0 Å². The number of piperidine rings is 1. The highest BCUT2D eigenvalue weighted by Crippen LogP contribution is 2.37. The number of alkyl halides is 1. The zero-order chi connectivity index (χ0) is 26.9. The van der Waals surface area contributed by atoms with Crippen molar-refractivity contribution in [2.24, 2.45) is 0 Å². The van der Waals surface area contributed by atoms with E-state index in [1.807, 2.05) is 30.1 Å². The van der Waals surface area contributed by atoms with E-state index in [-0.39, 0.29) is 10.9 Å². The van der Waals surface area contributed by atoms with Gasteiger partial charge in [0, 0.05) is 37.2 Å². The van der Waals surface area contributed by atoms with Crippen LogP contribution < -0.4 is 20.1 Å². The van der Waals surface area contributed by atoms with E-state index in [1.165, 1.54) is 13.2 Å². The van der Waals surface area contributed by atoms with Crippen molar-refractivity contribution in [2.45, 2.75) is 28.6 Å². The summed E-state index contributed by atoms with van der Waals surface area (Å²) in [7, 11) is 0.110. The molecule has 2 atom stereocenters. The topological polar surface area (TPSA) is 84.3 Å². The van der Waals surface area contributed by atoms with Crippen LogP contribution in [0.2, 0.25) is 0 Å². The molecule has 0 unspecified atom stereocenters. The van der Waals surface area contributed by atoms with Gasteiger partial charge in [0.1, 0.15) is 11.9 Å². The van der Waals surface area contributed by atoms with Crippen LogP contribution in [0.3, 0.4) is 0 Å². The predicted molar refractivity (Wildman–Crippen MR) is 150 cm³/mol. The van der Waals surface area contributed by atoms with Crippen molar-refractivity contribution in [3.63, 3.8) is 0 Å². The largest absolute Gasteiger partial charge is 0.495 e. The second-order valence-electron chi connectivity index (χ2n) is 9.47. The number of halogens is 1. The van der Waals surface area contributed by atoms with Gasteiger partial charge in [-0.1, -0.05) is 11.8 Å². The van der Waals surface area contributed by atoms with E-state index < -0.39 is 16.0 Å². The first-order valence-corrected chi connectivity index (χ1v) is 15.3. The molecular formula is C27H31FN4O4S2. The second kappa shape index (κ2) is 11.0. The summed E-state index contributed by atoms with van der Waals surface area (Å²) in [6.07, 6.45) is 0.950. The Kier molecular flexibility index (Phi) is 7.66. The summed E-state index contributed by atoms with van der Waals surface area (Å²) in [5.74, 6) is 8.42. The smallest absolute Gasteiger partial charge is 0.199 e. The summed E-state index contributed by atoms with van der Waals surface area (Å²) in [6.45, 7) is 2.19. The van der Waals surface area contributed by atoms with Crippen LogP contribution in [0, 0.1) is 11.8 Å². The molecule has 0 amide bonds. The number of aromatic nitrogens is 1. The molecule has 2 aliphatic heterocycles. The number of benzene rings is 1. The van der Waals surface area contributed by atoms with Crippen LogP contribution in [-0.4, -0.2) is 82.3 Å². The van der Waals surface area contributed by atoms with E-state index >= 15 is 0 Å². The lowest BCUT2D eigenvalue weighted by Crippen LogP contribution is -2.46. The minimum Gasteiger partial charge on any atom is -0.495 e. The van der Waals surface area contributed by atoms with Crippen molar-refractivity contribution >= 4 is 38.5 Å². The molecule has 0 aliphatic carbocycles. The van der Waals surface area contributed by atoms with E-state index in [1.54, 1.807) is 23.9 Å². The molecule has 2 aliphatic rings. The van der Waals surface area contributed by atoms with E-state index in [0.717, 1.165) is 52.6 Å². The molecule has 0 bridgehead atoms. The minimum atomic E-state index is -3.33. The number of likely N-dealkylation sites (tertiary alicyclic amines) is 1. The summed E-state index contributed by atoms with van der Waals surface area (Å²) in [6, 6.07) is 10.4. The summed E-state index contributed by atoms with van der Waals surface area (Å²) in [5, 5.41) is 7.65. The van der Waals surface area contributed by atoms with Crippen molar-refractivity contribution in [3.8, 4) is 23.5 Å². The maximum Gasteiger partial charge on any atom is 0.199 e. The van der Waals surface area contributed by atoms with Gasteiger partial charge in [0.05, 0.1) is 58.7 Å². The van der Waals surface area contributed by atoms with Gasteiger partial charge < -0.3 is 25.0 Å². The molecule has 38 heavy (non-hydrogen) atoms. The lowest BCUT2D eigenvalue weighted by atomic mass is 10.0. The van der Waals surface area contributed by atoms with Gasteiger partial charge in [-0.2, -0.15) is 0 Å². The zero-order valence-corrected chi connectivity index (χ0v) is 23.2. The number of sulfone groups is 1. The summed E-state index contributed by atoms with van der Waals surface area (Å²) in [4.78, 5) is 2.21. The quantitative estimate of drug-likeness (QED) is 0.443. The molecule has 8 nitrogen and oxygen atoms in total. The molecular weight excluding hydrogens is 527 g/mol. The summed E-state index contributed by atoms with van der Waals surface area (Å²) < 4.78 is 51.9. The molecule has 2 aromatic heterocycles. The first kappa shape index (κ1) is 26.5. The third kappa shape index (κ3) is 5.53. The molecule has 202 valence electrons. The van der Waals surface area contributed by atoms with Crippen LogP contribution in [0.25, 0.3) is 5.52 Å². The van der Waals surface area contributed by atoms with Gasteiger partial charge >= 0.3 is 0 Å². The van der Waals surface area contributed by atoms with Gasteiger partial charge in [0.25, 0.3) is 0 Å². The average molecular weight is 559 g/mol. The number of pyridine rings is 1. The summed E-state index contributed by atoms with van der Waals surface area (Å²) >= 11 is 1.68. The van der Waals surface area contributed by atoms with Crippen LogP contribution in [-0.2, 0) is 9.84 Å². The Bertz CT molecular complexity index is 1510. The molecule has 3 aromatic rings.